The van der Waals surface area contributed by atoms with Gasteiger partial charge in [-0.15, -0.1) is 0 Å². The van der Waals surface area contributed by atoms with E-state index in [1.54, 1.807) is 18.2 Å². The molecular formula is C8H9F4N. The Morgan fingerprint density at radius 1 is 1.15 bits per heavy atom. The fourth-order valence-electron chi connectivity index (χ4n) is 0.664. The summed E-state index contributed by atoms with van der Waals surface area (Å²) in [5.74, 6) is -0.222. The molecule has 13 heavy (non-hydrogen) atoms. The highest BCUT2D eigenvalue weighted by Crippen LogP contribution is 2.03. The van der Waals surface area contributed by atoms with E-state index >= 15 is 0 Å². The van der Waals surface area contributed by atoms with Crippen molar-refractivity contribution in [3.05, 3.63) is 35.6 Å². The molecule has 0 radical (unpaired) electrons. The van der Waals surface area contributed by atoms with E-state index in [0.717, 1.165) is 0 Å². The van der Waals surface area contributed by atoms with Crippen LogP contribution in [0.5, 0.6) is 0 Å². The van der Waals surface area contributed by atoms with E-state index in [1.807, 2.05) is 0 Å². The second-order valence-corrected chi connectivity index (χ2v) is 2.04. The third-order valence-corrected chi connectivity index (χ3v) is 1.18. The maximum atomic E-state index is 12.5. The number of hydrogen-bond acceptors (Lipinski definition) is 1. The first kappa shape index (κ1) is 11.9. The number of halogens is 4. The highest BCUT2D eigenvalue weighted by Gasteiger charge is 1.94. The van der Waals surface area contributed by atoms with Crippen LogP contribution in [0, 0.1) is 5.82 Å². The second-order valence-electron chi connectivity index (χ2n) is 2.04. The molecule has 1 aromatic carbocycles. The third kappa shape index (κ3) is 6.10. The van der Waals surface area contributed by atoms with Crippen molar-refractivity contribution in [2.24, 2.45) is 5.73 Å². The zero-order valence-corrected chi connectivity index (χ0v) is 6.68. The van der Waals surface area contributed by atoms with Crippen LogP contribution in [0.1, 0.15) is 5.56 Å². The van der Waals surface area contributed by atoms with Crippen molar-refractivity contribution < 1.29 is 17.6 Å². The lowest BCUT2D eigenvalue weighted by atomic mass is 10.2. The summed E-state index contributed by atoms with van der Waals surface area (Å²) in [4.78, 5) is 0. The van der Waals surface area contributed by atoms with Gasteiger partial charge < -0.3 is 5.73 Å². The van der Waals surface area contributed by atoms with Crippen LogP contribution >= 0.6 is 0 Å². The Kier molecular flexibility index (Phi) is 5.88. The molecule has 0 saturated carbocycles. The highest BCUT2D eigenvalue weighted by molar-refractivity contribution is 5.16. The van der Waals surface area contributed by atoms with Crippen LogP contribution in [-0.2, 0) is 6.54 Å². The first-order valence-corrected chi connectivity index (χ1v) is 3.43. The molecule has 0 fully saturated rings. The summed E-state index contributed by atoms with van der Waals surface area (Å²) in [5, 5.41) is 0. The van der Waals surface area contributed by atoms with Gasteiger partial charge >= 0.3 is 6.68 Å². The largest absolute Gasteiger partial charge is 0.379 e. The zero-order valence-electron chi connectivity index (χ0n) is 6.68. The minimum atomic E-state index is -3.67. The van der Waals surface area contributed by atoms with Crippen LogP contribution in [0.4, 0.5) is 17.6 Å². The van der Waals surface area contributed by atoms with E-state index in [4.69, 9.17) is 5.73 Å². The van der Waals surface area contributed by atoms with Gasteiger partial charge in [0.2, 0.25) is 0 Å². The fraction of sp³-hybridized carbons (Fsp3) is 0.250. The molecule has 1 rings (SSSR count). The fourth-order valence-corrected chi connectivity index (χ4v) is 0.664. The number of rotatable bonds is 1. The van der Waals surface area contributed by atoms with Crippen LogP contribution < -0.4 is 5.73 Å². The molecule has 0 amide bonds. The molecule has 0 heterocycles. The van der Waals surface area contributed by atoms with Gasteiger partial charge in [0.1, 0.15) is 5.82 Å². The van der Waals surface area contributed by atoms with Gasteiger partial charge in [0, 0.05) is 12.1 Å². The molecule has 0 saturated heterocycles. The van der Waals surface area contributed by atoms with Crippen molar-refractivity contribution in [1.29, 1.82) is 0 Å². The number of nitrogens with two attached hydrogens (primary N) is 1. The lowest BCUT2D eigenvalue weighted by molar-refractivity contribution is 0.00819. The van der Waals surface area contributed by atoms with E-state index in [9.17, 15) is 17.6 Å². The van der Waals surface area contributed by atoms with Crippen LogP contribution in [0.3, 0.4) is 0 Å². The van der Waals surface area contributed by atoms with Crippen molar-refractivity contribution in [3.63, 3.8) is 0 Å². The minimum Gasteiger partial charge on any atom is -0.326 e. The Morgan fingerprint density at radius 2 is 1.62 bits per heavy atom. The molecular weight excluding hydrogens is 186 g/mol. The number of benzene rings is 1. The number of alkyl halides is 3. The maximum Gasteiger partial charge on any atom is 0.379 e. The van der Waals surface area contributed by atoms with Gasteiger partial charge in [0.15, 0.2) is 0 Å². The molecule has 0 unspecified atom stereocenters. The SMILES string of the molecule is FC(F)F.NCc1ccccc1F. The summed E-state index contributed by atoms with van der Waals surface area (Å²) in [7, 11) is 0. The summed E-state index contributed by atoms with van der Waals surface area (Å²) in [6.45, 7) is -3.40. The first-order valence-electron chi connectivity index (χ1n) is 3.43. The molecule has 0 aromatic heterocycles. The smallest absolute Gasteiger partial charge is 0.326 e. The van der Waals surface area contributed by atoms with Gasteiger partial charge in [-0.05, 0) is 6.07 Å². The van der Waals surface area contributed by atoms with Crippen molar-refractivity contribution in [2.45, 2.75) is 13.2 Å². The van der Waals surface area contributed by atoms with Gasteiger partial charge in [-0.3, -0.25) is 0 Å². The van der Waals surface area contributed by atoms with Gasteiger partial charge in [-0.25, -0.2) is 4.39 Å². The Morgan fingerprint density at radius 3 is 1.92 bits per heavy atom. The Labute approximate surface area is 73.2 Å². The van der Waals surface area contributed by atoms with Crippen molar-refractivity contribution >= 4 is 0 Å². The van der Waals surface area contributed by atoms with Gasteiger partial charge in [0.05, 0.1) is 0 Å². The zero-order chi connectivity index (χ0) is 10.3. The maximum absolute atomic E-state index is 12.5. The van der Waals surface area contributed by atoms with Gasteiger partial charge in [-0.1, -0.05) is 18.2 Å². The lowest BCUT2D eigenvalue weighted by Crippen LogP contribution is -1.98. The van der Waals surface area contributed by atoms with Crippen molar-refractivity contribution in [2.75, 3.05) is 0 Å². The average molecular weight is 195 g/mol. The molecule has 0 aliphatic rings. The van der Waals surface area contributed by atoms with E-state index in [0.29, 0.717) is 5.56 Å². The van der Waals surface area contributed by atoms with Crippen molar-refractivity contribution in [1.82, 2.24) is 0 Å². The third-order valence-electron chi connectivity index (χ3n) is 1.18. The van der Waals surface area contributed by atoms with Crippen LogP contribution in [0.2, 0.25) is 0 Å². The normalized spacial score (nSPS) is 9.38. The van der Waals surface area contributed by atoms with Gasteiger partial charge in [-0.2, -0.15) is 13.2 Å². The predicted molar refractivity (Wildman–Crippen MR) is 41.4 cm³/mol. The van der Waals surface area contributed by atoms with Crippen LogP contribution in [-0.4, -0.2) is 6.68 Å². The average Bonchev–Trinajstić information content (AvgIpc) is 2.04. The molecule has 0 atom stereocenters. The topological polar surface area (TPSA) is 26.0 Å². The second kappa shape index (κ2) is 6.42. The Bertz CT molecular complexity index is 237. The van der Waals surface area contributed by atoms with Crippen LogP contribution in [0.25, 0.3) is 0 Å². The monoisotopic (exact) mass is 195 g/mol. The summed E-state index contributed by atoms with van der Waals surface area (Å²) in [6, 6.07) is 6.50. The van der Waals surface area contributed by atoms with E-state index in [1.165, 1.54) is 6.07 Å². The molecule has 0 bridgehead atoms. The highest BCUT2D eigenvalue weighted by atomic mass is 19.4. The van der Waals surface area contributed by atoms with Crippen LogP contribution in [0.15, 0.2) is 24.3 Å². The molecule has 74 valence electrons. The summed E-state index contributed by atoms with van der Waals surface area (Å²) in [5.41, 5.74) is 5.78. The summed E-state index contributed by atoms with van der Waals surface area (Å²) in [6.07, 6.45) is 0. The summed E-state index contributed by atoms with van der Waals surface area (Å²) < 4.78 is 41.5. The molecule has 5 heteroatoms. The molecule has 0 spiro atoms. The molecule has 1 aromatic rings. The van der Waals surface area contributed by atoms with Crippen molar-refractivity contribution in [3.8, 4) is 0 Å². The number of hydrogen-bond donors (Lipinski definition) is 1. The lowest BCUT2D eigenvalue weighted by Gasteiger charge is -1.94. The molecule has 0 aliphatic carbocycles. The van der Waals surface area contributed by atoms with E-state index in [2.05, 4.69) is 0 Å². The van der Waals surface area contributed by atoms with E-state index in [-0.39, 0.29) is 12.4 Å². The predicted octanol–water partition coefficient (Wildman–Crippen LogP) is 2.46. The van der Waals surface area contributed by atoms with E-state index < -0.39 is 6.68 Å². The first-order chi connectivity index (χ1) is 6.07. The Hall–Kier alpha value is -1.10. The Balaban J connectivity index is 0.000000310. The molecule has 1 nitrogen and oxygen atoms in total. The van der Waals surface area contributed by atoms with Gasteiger partial charge in [0.25, 0.3) is 0 Å². The minimum absolute atomic E-state index is 0.222. The molecule has 2 N–H and O–H groups in total. The quantitative estimate of drug-likeness (QED) is 0.684. The standard InChI is InChI=1S/C7H8FN.CHF3/c8-7-4-2-1-3-6(7)5-9;2-1(3)4/h1-4H,5,9H2;1H. The summed E-state index contributed by atoms with van der Waals surface area (Å²) >= 11 is 0. The molecule has 0 aliphatic heterocycles.